The Labute approximate surface area is 158 Å². The summed E-state index contributed by atoms with van der Waals surface area (Å²) in [5.74, 6) is -0.898. The first-order chi connectivity index (χ1) is 12.3. The number of carbonyl (C=O) groups is 2. The fourth-order valence-corrected chi connectivity index (χ4v) is 3.26. The molecule has 0 aliphatic heterocycles. The number of hydrogen-bond acceptors (Lipinski definition) is 2. The number of carbonyl (C=O) groups excluding carboxylic acids is 2. The molecule has 1 N–H and O–H groups in total. The van der Waals surface area contributed by atoms with Gasteiger partial charge in [0.1, 0.15) is 12.4 Å². The van der Waals surface area contributed by atoms with Crippen LogP contribution in [0.1, 0.15) is 23.6 Å². The van der Waals surface area contributed by atoms with Gasteiger partial charge in [0.2, 0.25) is 11.8 Å². The van der Waals surface area contributed by atoms with E-state index in [0.717, 1.165) is 11.1 Å². The second kappa shape index (κ2) is 8.81. The third-order valence-corrected chi connectivity index (χ3v) is 4.31. The van der Waals surface area contributed by atoms with Gasteiger partial charge in [0.05, 0.1) is 10.7 Å². The van der Waals surface area contributed by atoms with E-state index in [2.05, 4.69) is 5.32 Å². The topological polar surface area (TPSA) is 49.4 Å². The maximum Gasteiger partial charge on any atom is 0.240 e. The fourth-order valence-electron chi connectivity index (χ4n) is 2.84. The molecule has 0 unspecified atom stereocenters. The monoisotopic (exact) mass is 376 g/mol. The minimum Gasteiger partial charge on any atom is -0.354 e. The van der Waals surface area contributed by atoms with Gasteiger partial charge in [-0.15, -0.1) is 0 Å². The molecular formula is C20H22ClFN2O2. The van der Waals surface area contributed by atoms with Crippen LogP contribution in [0.25, 0.3) is 0 Å². The highest BCUT2D eigenvalue weighted by molar-refractivity contribution is 6.34. The van der Waals surface area contributed by atoms with Gasteiger partial charge in [0.25, 0.3) is 0 Å². The molecule has 2 rings (SSSR count). The maximum absolute atomic E-state index is 13.6. The number of aryl methyl sites for hydroxylation is 2. The molecule has 138 valence electrons. The van der Waals surface area contributed by atoms with Crippen molar-refractivity contribution >= 4 is 29.1 Å². The molecule has 6 heteroatoms. The molecule has 0 spiro atoms. The Balaban J connectivity index is 2.03. The molecule has 0 saturated heterocycles. The summed E-state index contributed by atoms with van der Waals surface area (Å²) in [4.78, 5) is 25.7. The lowest BCUT2D eigenvalue weighted by Crippen LogP contribution is -2.41. The van der Waals surface area contributed by atoms with Crippen molar-refractivity contribution in [1.82, 2.24) is 5.32 Å². The number of rotatable bonds is 6. The highest BCUT2D eigenvalue weighted by atomic mass is 35.5. The van der Waals surface area contributed by atoms with Crippen molar-refractivity contribution in [2.45, 2.75) is 27.2 Å². The van der Waals surface area contributed by atoms with Crippen molar-refractivity contribution in [3.63, 3.8) is 0 Å². The lowest BCUT2D eigenvalue weighted by atomic mass is 10.1. The van der Waals surface area contributed by atoms with Crippen molar-refractivity contribution in [3.8, 4) is 0 Å². The van der Waals surface area contributed by atoms with Gasteiger partial charge in [0.15, 0.2) is 0 Å². The molecule has 0 saturated carbocycles. The average Bonchev–Trinajstić information content (AvgIpc) is 2.54. The number of benzene rings is 2. The van der Waals surface area contributed by atoms with E-state index in [9.17, 15) is 14.0 Å². The minimum atomic E-state index is -0.326. The van der Waals surface area contributed by atoms with E-state index in [1.165, 1.54) is 17.9 Å². The quantitative estimate of drug-likeness (QED) is 0.833. The molecule has 0 aromatic heterocycles. The van der Waals surface area contributed by atoms with Gasteiger partial charge in [-0.2, -0.15) is 0 Å². The maximum atomic E-state index is 13.6. The van der Waals surface area contributed by atoms with Crippen LogP contribution in [0.3, 0.4) is 0 Å². The first-order valence-corrected chi connectivity index (χ1v) is 8.72. The summed E-state index contributed by atoms with van der Waals surface area (Å²) in [5, 5.41) is 3.15. The van der Waals surface area contributed by atoms with Crippen LogP contribution in [0.2, 0.25) is 5.02 Å². The average molecular weight is 377 g/mol. The molecule has 0 aliphatic carbocycles. The fraction of sp³-hybridized carbons (Fsp3) is 0.300. The number of amides is 2. The number of nitrogens with zero attached hydrogens (tertiary/aromatic N) is 1. The van der Waals surface area contributed by atoms with Gasteiger partial charge >= 0.3 is 0 Å². The van der Waals surface area contributed by atoms with Crippen molar-refractivity contribution in [2.75, 3.05) is 18.0 Å². The largest absolute Gasteiger partial charge is 0.354 e. The van der Waals surface area contributed by atoms with Crippen molar-refractivity contribution in [1.29, 1.82) is 0 Å². The van der Waals surface area contributed by atoms with Crippen LogP contribution >= 0.6 is 11.6 Å². The van der Waals surface area contributed by atoms with E-state index in [1.54, 1.807) is 24.3 Å². The molecule has 0 atom stereocenters. The summed E-state index contributed by atoms with van der Waals surface area (Å²) < 4.78 is 13.6. The molecule has 2 aromatic carbocycles. The van der Waals surface area contributed by atoms with E-state index in [-0.39, 0.29) is 30.7 Å². The highest BCUT2D eigenvalue weighted by Crippen LogP contribution is 2.31. The SMILES string of the molecule is CC(=O)N(CC(=O)NCCc1ccccc1F)c1c(C)cc(C)cc1Cl. The minimum absolute atomic E-state index is 0.143. The summed E-state index contributed by atoms with van der Waals surface area (Å²) in [7, 11) is 0. The van der Waals surface area contributed by atoms with Gasteiger partial charge in [-0.25, -0.2) is 4.39 Å². The normalized spacial score (nSPS) is 10.5. The summed E-state index contributed by atoms with van der Waals surface area (Å²) in [5.41, 5.74) is 2.88. The Morgan fingerprint density at radius 3 is 2.50 bits per heavy atom. The van der Waals surface area contributed by atoms with E-state index in [0.29, 0.717) is 22.7 Å². The summed E-state index contributed by atoms with van der Waals surface area (Å²) in [6.45, 7) is 5.29. The van der Waals surface area contributed by atoms with Crippen LogP contribution in [-0.2, 0) is 16.0 Å². The lowest BCUT2D eigenvalue weighted by molar-refractivity contribution is -0.123. The summed E-state index contributed by atoms with van der Waals surface area (Å²) in [6, 6.07) is 10.1. The van der Waals surface area contributed by atoms with Crippen LogP contribution in [0.15, 0.2) is 36.4 Å². The molecule has 0 radical (unpaired) electrons. The number of nitrogens with one attached hydrogen (secondary N) is 1. The molecule has 0 aliphatic rings. The van der Waals surface area contributed by atoms with E-state index < -0.39 is 0 Å². The zero-order valence-corrected chi connectivity index (χ0v) is 15.9. The van der Waals surface area contributed by atoms with Crippen molar-refractivity contribution in [3.05, 3.63) is 63.9 Å². The molecule has 2 amide bonds. The molecule has 4 nitrogen and oxygen atoms in total. The van der Waals surface area contributed by atoms with Crippen LogP contribution in [0.5, 0.6) is 0 Å². The number of hydrogen-bond donors (Lipinski definition) is 1. The third kappa shape index (κ3) is 5.05. The lowest BCUT2D eigenvalue weighted by Gasteiger charge is -2.24. The molecule has 26 heavy (non-hydrogen) atoms. The predicted octanol–water partition coefficient (Wildman–Crippen LogP) is 3.81. The number of anilines is 1. The molecular weight excluding hydrogens is 355 g/mol. The van der Waals surface area contributed by atoms with Crippen LogP contribution in [0, 0.1) is 19.7 Å². The van der Waals surface area contributed by atoms with Crippen molar-refractivity contribution in [2.24, 2.45) is 0 Å². The van der Waals surface area contributed by atoms with E-state index in [4.69, 9.17) is 11.6 Å². The van der Waals surface area contributed by atoms with Gasteiger partial charge in [-0.3, -0.25) is 9.59 Å². The van der Waals surface area contributed by atoms with E-state index >= 15 is 0 Å². The second-order valence-corrected chi connectivity index (χ2v) is 6.62. The third-order valence-electron chi connectivity index (χ3n) is 4.02. The summed E-state index contributed by atoms with van der Waals surface area (Å²) >= 11 is 6.29. The van der Waals surface area contributed by atoms with Crippen LogP contribution in [0.4, 0.5) is 10.1 Å². The zero-order valence-electron chi connectivity index (χ0n) is 15.1. The number of halogens is 2. The van der Waals surface area contributed by atoms with Gasteiger partial charge in [-0.1, -0.05) is 35.9 Å². The first kappa shape index (κ1) is 19.9. The van der Waals surface area contributed by atoms with E-state index in [1.807, 2.05) is 19.9 Å². The smallest absolute Gasteiger partial charge is 0.240 e. The van der Waals surface area contributed by atoms with Gasteiger partial charge in [-0.05, 0) is 49.1 Å². The molecule has 0 heterocycles. The van der Waals surface area contributed by atoms with Crippen LogP contribution in [-0.4, -0.2) is 24.9 Å². The van der Waals surface area contributed by atoms with Crippen LogP contribution < -0.4 is 10.2 Å². The molecule has 2 aromatic rings. The predicted molar refractivity (Wildman–Crippen MR) is 102 cm³/mol. The Morgan fingerprint density at radius 2 is 1.88 bits per heavy atom. The molecule has 0 bridgehead atoms. The summed E-state index contributed by atoms with van der Waals surface area (Å²) in [6.07, 6.45) is 0.378. The zero-order chi connectivity index (χ0) is 19.3. The highest BCUT2D eigenvalue weighted by Gasteiger charge is 2.20. The van der Waals surface area contributed by atoms with Crippen molar-refractivity contribution < 1.29 is 14.0 Å². The van der Waals surface area contributed by atoms with Gasteiger partial charge in [0, 0.05) is 13.5 Å². The Bertz CT molecular complexity index is 800. The molecule has 0 fully saturated rings. The standard InChI is InChI=1S/C20H22ClFN2O2/c1-13-10-14(2)20(17(21)11-13)24(15(3)25)12-19(26)23-9-8-16-6-4-5-7-18(16)22/h4-7,10-11H,8-9,12H2,1-3H3,(H,23,26). The van der Waals surface area contributed by atoms with Gasteiger partial charge < -0.3 is 10.2 Å². The Morgan fingerprint density at radius 1 is 1.19 bits per heavy atom. The second-order valence-electron chi connectivity index (χ2n) is 6.21. The first-order valence-electron chi connectivity index (χ1n) is 8.34. The Kier molecular flexibility index (Phi) is 6.75. The Hall–Kier alpha value is -2.40.